The highest BCUT2D eigenvalue weighted by molar-refractivity contribution is 6.15. The number of para-hydroxylation sites is 2. The van der Waals surface area contributed by atoms with Crippen LogP contribution in [0, 0.1) is 0 Å². The van der Waals surface area contributed by atoms with Crippen LogP contribution >= 0.6 is 0 Å². The normalized spacial score (nSPS) is 12.8. The van der Waals surface area contributed by atoms with Gasteiger partial charge in [0, 0.05) is 16.8 Å². The maximum absolute atomic E-state index is 2.41. The highest BCUT2D eigenvalue weighted by atomic mass is 15.1. The molecule has 0 radical (unpaired) electrons. The first kappa shape index (κ1) is 18.0. The van der Waals surface area contributed by atoms with Crippen LogP contribution in [0.1, 0.15) is 17.5 Å². The van der Waals surface area contributed by atoms with E-state index in [9.17, 15) is 0 Å². The van der Waals surface area contributed by atoms with E-state index in [2.05, 4.69) is 120 Å². The number of anilines is 3. The molecule has 0 fully saturated rings. The molecule has 0 aliphatic heterocycles. The summed E-state index contributed by atoms with van der Waals surface area (Å²) in [6.45, 7) is 0. The Kier molecular flexibility index (Phi) is 4.32. The summed E-state index contributed by atoms with van der Waals surface area (Å²) in [6, 6.07) is 37.2. The van der Waals surface area contributed by atoms with Crippen LogP contribution in [0.5, 0.6) is 0 Å². The van der Waals surface area contributed by atoms with Gasteiger partial charge in [0.25, 0.3) is 0 Å². The van der Waals surface area contributed by atoms with Crippen molar-refractivity contribution in [3.05, 3.63) is 120 Å². The minimum absolute atomic E-state index is 1.09. The van der Waals surface area contributed by atoms with Gasteiger partial charge in [-0.05, 0) is 70.5 Å². The molecule has 1 aliphatic carbocycles. The molecule has 1 heteroatoms. The molecule has 1 nitrogen and oxygen atoms in total. The van der Waals surface area contributed by atoms with E-state index in [1.54, 1.807) is 0 Å². The Labute approximate surface area is 182 Å². The first-order chi connectivity index (χ1) is 15.4. The molecule has 31 heavy (non-hydrogen) atoms. The molecule has 5 aromatic rings. The number of hydrogen-bond donors (Lipinski definition) is 0. The topological polar surface area (TPSA) is 3.24 Å². The number of hydrogen-bond acceptors (Lipinski definition) is 1. The molecular weight excluding hydrogens is 374 g/mol. The summed E-state index contributed by atoms with van der Waals surface area (Å²) in [7, 11) is 0. The summed E-state index contributed by atoms with van der Waals surface area (Å²) >= 11 is 0. The van der Waals surface area contributed by atoms with Gasteiger partial charge in [0.2, 0.25) is 0 Å². The van der Waals surface area contributed by atoms with Crippen molar-refractivity contribution < 1.29 is 0 Å². The molecule has 0 amide bonds. The third kappa shape index (κ3) is 3.02. The maximum Gasteiger partial charge on any atom is 0.0546 e. The zero-order valence-electron chi connectivity index (χ0n) is 17.3. The van der Waals surface area contributed by atoms with E-state index in [1.807, 2.05) is 0 Å². The SMILES string of the molecule is C1=Cc2ccc3c(cc(N(c4ccccc4)c4ccccc4)c4ccccc43)c2CC1. The molecule has 0 N–H and O–H groups in total. The van der Waals surface area contributed by atoms with Gasteiger partial charge in [-0.3, -0.25) is 0 Å². The van der Waals surface area contributed by atoms with Crippen molar-refractivity contribution >= 4 is 44.7 Å². The van der Waals surface area contributed by atoms with Gasteiger partial charge in [-0.25, -0.2) is 0 Å². The zero-order valence-corrected chi connectivity index (χ0v) is 17.3. The molecule has 0 unspecified atom stereocenters. The van der Waals surface area contributed by atoms with Crippen molar-refractivity contribution in [1.82, 2.24) is 0 Å². The van der Waals surface area contributed by atoms with E-state index in [1.165, 1.54) is 49.7 Å². The van der Waals surface area contributed by atoms with Crippen LogP contribution in [0.15, 0.2) is 109 Å². The quantitative estimate of drug-likeness (QED) is 0.276. The Morgan fingerprint density at radius 1 is 0.548 bits per heavy atom. The lowest BCUT2D eigenvalue weighted by Gasteiger charge is -2.28. The lowest BCUT2D eigenvalue weighted by Crippen LogP contribution is -2.10. The largest absolute Gasteiger partial charge is 0.310 e. The number of fused-ring (bicyclic) bond motifs is 5. The van der Waals surface area contributed by atoms with E-state index in [0.717, 1.165) is 12.8 Å². The van der Waals surface area contributed by atoms with E-state index >= 15 is 0 Å². The van der Waals surface area contributed by atoms with Crippen molar-refractivity contribution in [1.29, 1.82) is 0 Å². The molecule has 5 aromatic carbocycles. The van der Waals surface area contributed by atoms with Gasteiger partial charge >= 0.3 is 0 Å². The molecule has 0 heterocycles. The minimum Gasteiger partial charge on any atom is -0.310 e. The highest BCUT2D eigenvalue weighted by Crippen LogP contribution is 2.43. The number of allylic oxidation sites excluding steroid dienone is 1. The average molecular weight is 398 g/mol. The maximum atomic E-state index is 2.41. The van der Waals surface area contributed by atoms with Gasteiger partial charge < -0.3 is 4.90 Å². The summed E-state index contributed by atoms with van der Waals surface area (Å²) in [5, 5.41) is 5.29. The molecular formula is C30H23N. The number of rotatable bonds is 3. The van der Waals surface area contributed by atoms with Crippen LogP contribution < -0.4 is 4.90 Å². The minimum atomic E-state index is 1.09. The first-order valence-corrected chi connectivity index (χ1v) is 10.9. The van der Waals surface area contributed by atoms with Crippen LogP contribution in [-0.2, 0) is 6.42 Å². The lowest BCUT2D eigenvalue weighted by atomic mass is 9.89. The van der Waals surface area contributed by atoms with Crippen molar-refractivity contribution in [3.63, 3.8) is 0 Å². The smallest absolute Gasteiger partial charge is 0.0546 e. The third-order valence-electron chi connectivity index (χ3n) is 6.30. The summed E-state index contributed by atoms with van der Waals surface area (Å²) in [5.41, 5.74) is 6.38. The lowest BCUT2D eigenvalue weighted by molar-refractivity contribution is 0.997. The number of nitrogens with zero attached hydrogens (tertiary/aromatic N) is 1. The van der Waals surface area contributed by atoms with Gasteiger partial charge in [-0.15, -0.1) is 0 Å². The second-order valence-electron chi connectivity index (χ2n) is 8.12. The Morgan fingerprint density at radius 3 is 1.87 bits per heavy atom. The summed E-state index contributed by atoms with van der Waals surface area (Å²) in [4.78, 5) is 2.39. The number of aryl methyl sites for hydroxylation is 1. The third-order valence-corrected chi connectivity index (χ3v) is 6.30. The molecule has 6 rings (SSSR count). The van der Waals surface area contributed by atoms with Gasteiger partial charge in [0.1, 0.15) is 0 Å². The Morgan fingerprint density at radius 2 is 1.16 bits per heavy atom. The Balaban J connectivity index is 1.73. The average Bonchev–Trinajstić information content (AvgIpc) is 2.85. The van der Waals surface area contributed by atoms with Gasteiger partial charge in [-0.1, -0.05) is 84.9 Å². The molecule has 1 aliphatic rings. The first-order valence-electron chi connectivity index (χ1n) is 10.9. The highest BCUT2D eigenvalue weighted by Gasteiger charge is 2.19. The zero-order chi connectivity index (χ0) is 20.6. The predicted octanol–water partition coefficient (Wildman–Crippen LogP) is 8.42. The fourth-order valence-electron chi connectivity index (χ4n) is 4.88. The van der Waals surface area contributed by atoms with Crippen molar-refractivity contribution in [3.8, 4) is 0 Å². The standard InChI is InChI=1S/C30H23N/c1-3-12-23(13-4-1)31(24-14-5-2-6-15-24)30-21-29-25-16-8-7-11-22(25)19-20-27(29)26-17-9-10-18-28(26)30/h1-7,9-15,17-21H,8,16H2. The molecule has 0 atom stereocenters. The van der Waals surface area contributed by atoms with Crippen LogP contribution in [0.4, 0.5) is 17.1 Å². The van der Waals surface area contributed by atoms with Gasteiger partial charge in [0.15, 0.2) is 0 Å². The van der Waals surface area contributed by atoms with Crippen LogP contribution in [0.25, 0.3) is 27.6 Å². The van der Waals surface area contributed by atoms with Crippen LogP contribution in [0.2, 0.25) is 0 Å². The monoisotopic (exact) mass is 397 g/mol. The molecule has 0 spiro atoms. The second kappa shape index (κ2) is 7.45. The van der Waals surface area contributed by atoms with Gasteiger partial charge in [-0.2, -0.15) is 0 Å². The van der Waals surface area contributed by atoms with E-state index in [0.29, 0.717) is 0 Å². The molecule has 0 saturated heterocycles. The van der Waals surface area contributed by atoms with Gasteiger partial charge in [0.05, 0.1) is 5.69 Å². The predicted molar refractivity (Wildman–Crippen MR) is 133 cm³/mol. The van der Waals surface area contributed by atoms with Crippen molar-refractivity contribution in [2.75, 3.05) is 4.90 Å². The fourth-order valence-corrected chi connectivity index (χ4v) is 4.88. The van der Waals surface area contributed by atoms with E-state index in [4.69, 9.17) is 0 Å². The van der Waals surface area contributed by atoms with Crippen LogP contribution in [-0.4, -0.2) is 0 Å². The summed E-state index contributed by atoms with van der Waals surface area (Å²) in [6.07, 6.45) is 6.77. The second-order valence-corrected chi connectivity index (χ2v) is 8.12. The number of benzene rings is 5. The molecule has 0 bridgehead atoms. The summed E-state index contributed by atoms with van der Waals surface area (Å²) < 4.78 is 0. The van der Waals surface area contributed by atoms with Crippen LogP contribution in [0.3, 0.4) is 0 Å². The Hall–Kier alpha value is -3.84. The fraction of sp³-hybridized carbons (Fsp3) is 0.0667. The Bertz CT molecular complexity index is 1380. The van der Waals surface area contributed by atoms with E-state index < -0.39 is 0 Å². The van der Waals surface area contributed by atoms with Crippen molar-refractivity contribution in [2.45, 2.75) is 12.8 Å². The molecule has 0 aromatic heterocycles. The van der Waals surface area contributed by atoms with E-state index in [-0.39, 0.29) is 0 Å². The molecule has 148 valence electrons. The van der Waals surface area contributed by atoms with Crippen molar-refractivity contribution in [2.24, 2.45) is 0 Å². The molecule has 0 saturated carbocycles. The summed E-state index contributed by atoms with van der Waals surface area (Å²) in [5.74, 6) is 0.